The molecule has 9 heteroatoms. The lowest BCUT2D eigenvalue weighted by Crippen LogP contribution is -2.47. The Morgan fingerprint density at radius 3 is 1.82 bits per heavy atom. The number of piperidine rings is 1. The Hall–Kier alpha value is -3.01. The van der Waals surface area contributed by atoms with Crippen molar-refractivity contribution < 1.29 is 21.6 Å². The van der Waals surface area contributed by atoms with Gasteiger partial charge in [-0.25, -0.2) is 21.6 Å². The lowest BCUT2D eigenvalue weighted by Gasteiger charge is -2.38. The molecule has 0 aromatic heterocycles. The van der Waals surface area contributed by atoms with Crippen molar-refractivity contribution in [2.45, 2.75) is 28.7 Å². The first kappa shape index (κ1) is 23.2. The van der Waals surface area contributed by atoms with E-state index in [1.807, 2.05) is 30.3 Å². The average Bonchev–Trinajstić information content (AvgIpc) is 2.85. The van der Waals surface area contributed by atoms with Crippen molar-refractivity contribution >= 4 is 26.0 Å². The summed E-state index contributed by atoms with van der Waals surface area (Å²) in [6.45, 7) is -0.118. The number of nitrogens with one attached hydrogen (secondary N) is 1. The van der Waals surface area contributed by atoms with Crippen LogP contribution in [-0.2, 0) is 24.8 Å². The molecular formula is C24H24N2O5S2. The molecule has 0 spiro atoms. The SMILES string of the molecule is O=C(NS(=O)(=O)c1ccccc1)C1CCC(c2ccccc2)N(S(=O)(=O)c2ccccc2)C1. The van der Waals surface area contributed by atoms with Crippen LogP contribution >= 0.6 is 0 Å². The number of sulfonamides is 2. The molecule has 1 fully saturated rings. The van der Waals surface area contributed by atoms with Gasteiger partial charge in [-0.1, -0.05) is 66.7 Å². The van der Waals surface area contributed by atoms with E-state index in [4.69, 9.17) is 0 Å². The number of carbonyl (C=O) groups is 1. The summed E-state index contributed by atoms with van der Waals surface area (Å²) in [5, 5.41) is 0. The van der Waals surface area contributed by atoms with Crippen molar-refractivity contribution in [1.82, 2.24) is 9.03 Å². The van der Waals surface area contributed by atoms with Crippen LogP contribution in [-0.4, -0.2) is 33.6 Å². The molecule has 3 aromatic rings. The van der Waals surface area contributed by atoms with Gasteiger partial charge in [-0.05, 0) is 42.7 Å². The Kier molecular flexibility index (Phi) is 6.64. The van der Waals surface area contributed by atoms with Gasteiger partial charge in [-0.3, -0.25) is 4.79 Å². The molecule has 4 rings (SSSR count). The first-order valence-electron chi connectivity index (χ1n) is 10.5. The maximum atomic E-state index is 13.5. The molecule has 2 unspecified atom stereocenters. The van der Waals surface area contributed by atoms with Crippen LogP contribution in [0.25, 0.3) is 0 Å². The molecule has 2 atom stereocenters. The van der Waals surface area contributed by atoms with Gasteiger partial charge in [0.25, 0.3) is 10.0 Å². The van der Waals surface area contributed by atoms with Gasteiger partial charge in [0.05, 0.1) is 21.8 Å². The molecule has 1 heterocycles. The third-order valence-corrected chi connectivity index (χ3v) is 8.98. The minimum atomic E-state index is -4.05. The molecule has 1 amide bonds. The molecule has 1 N–H and O–H groups in total. The van der Waals surface area contributed by atoms with E-state index in [1.54, 1.807) is 36.4 Å². The van der Waals surface area contributed by atoms with Crippen LogP contribution in [0.3, 0.4) is 0 Å². The van der Waals surface area contributed by atoms with Gasteiger partial charge in [0.1, 0.15) is 0 Å². The molecular weight excluding hydrogens is 460 g/mol. The molecule has 0 bridgehead atoms. The average molecular weight is 485 g/mol. The number of nitrogens with zero attached hydrogens (tertiary/aromatic N) is 1. The fourth-order valence-electron chi connectivity index (χ4n) is 4.03. The predicted octanol–water partition coefficient (Wildman–Crippen LogP) is 3.33. The highest BCUT2D eigenvalue weighted by molar-refractivity contribution is 7.90. The van der Waals surface area contributed by atoms with Crippen LogP contribution in [0.2, 0.25) is 0 Å². The predicted molar refractivity (Wildman–Crippen MR) is 124 cm³/mol. The Morgan fingerprint density at radius 2 is 1.24 bits per heavy atom. The van der Waals surface area contributed by atoms with Crippen LogP contribution in [0.15, 0.2) is 101 Å². The zero-order valence-corrected chi connectivity index (χ0v) is 19.4. The monoisotopic (exact) mass is 484 g/mol. The van der Waals surface area contributed by atoms with E-state index in [1.165, 1.54) is 28.6 Å². The van der Waals surface area contributed by atoms with Gasteiger partial charge in [-0.2, -0.15) is 4.31 Å². The summed E-state index contributed by atoms with van der Waals surface area (Å²) in [4.78, 5) is 13.0. The third-order valence-electron chi connectivity index (χ3n) is 5.73. The first-order chi connectivity index (χ1) is 15.8. The van der Waals surface area contributed by atoms with Gasteiger partial charge >= 0.3 is 0 Å². The van der Waals surface area contributed by atoms with Crippen molar-refractivity contribution in [3.05, 3.63) is 96.6 Å². The number of amides is 1. The number of hydrogen-bond donors (Lipinski definition) is 1. The van der Waals surface area contributed by atoms with E-state index in [9.17, 15) is 21.6 Å². The summed E-state index contributed by atoms with van der Waals surface area (Å²) in [7, 11) is -7.96. The Balaban J connectivity index is 1.63. The fourth-order valence-corrected chi connectivity index (χ4v) is 6.80. The van der Waals surface area contributed by atoms with Crippen LogP contribution in [0.1, 0.15) is 24.4 Å². The molecule has 3 aromatic carbocycles. The molecule has 0 aliphatic carbocycles. The summed E-state index contributed by atoms with van der Waals surface area (Å²) in [5.74, 6) is -1.51. The molecule has 7 nitrogen and oxygen atoms in total. The fraction of sp³-hybridized carbons (Fsp3) is 0.208. The zero-order chi connectivity index (χ0) is 23.5. The molecule has 0 saturated carbocycles. The summed E-state index contributed by atoms with van der Waals surface area (Å²) >= 11 is 0. The molecule has 172 valence electrons. The molecule has 1 aliphatic rings. The van der Waals surface area contributed by atoms with E-state index in [-0.39, 0.29) is 16.3 Å². The number of benzene rings is 3. The number of hydrogen-bond acceptors (Lipinski definition) is 5. The number of rotatable bonds is 6. The van der Waals surface area contributed by atoms with Gasteiger partial charge in [0.2, 0.25) is 15.9 Å². The molecule has 33 heavy (non-hydrogen) atoms. The second-order valence-electron chi connectivity index (χ2n) is 7.87. The summed E-state index contributed by atoms with van der Waals surface area (Å²) in [5.41, 5.74) is 0.827. The van der Waals surface area contributed by atoms with E-state index in [0.29, 0.717) is 12.8 Å². The molecule has 0 radical (unpaired) electrons. The first-order valence-corrected chi connectivity index (χ1v) is 13.4. The minimum absolute atomic E-state index is 0.0231. The number of carbonyl (C=O) groups excluding carboxylic acids is 1. The highest BCUT2D eigenvalue weighted by Crippen LogP contribution is 2.37. The van der Waals surface area contributed by atoms with Gasteiger partial charge in [0, 0.05) is 6.54 Å². The van der Waals surface area contributed by atoms with Gasteiger partial charge in [0.15, 0.2) is 0 Å². The largest absolute Gasteiger partial charge is 0.274 e. The van der Waals surface area contributed by atoms with Gasteiger partial charge < -0.3 is 0 Å². The molecule has 1 saturated heterocycles. The second kappa shape index (κ2) is 9.46. The van der Waals surface area contributed by atoms with Crippen molar-refractivity contribution in [3.8, 4) is 0 Å². The normalized spacial score (nSPS) is 19.6. The Labute approximate surface area is 194 Å². The Bertz CT molecular complexity index is 1310. The second-order valence-corrected chi connectivity index (χ2v) is 11.4. The van der Waals surface area contributed by atoms with E-state index in [0.717, 1.165) is 5.56 Å². The van der Waals surface area contributed by atoms with Crippen LogP contribution < -0.4 is 4.72 Å². The lowest BCUT2D eigenvalue weighted by atomic mass is 9.90. The van der Waals surface area contributed by atoms with E-state index >= 15 is 0 Å². The minimum Gasteiger partial charge on any atom is -0.274 e. The maximum absolute atomic E-state index is 13.5. The maximum Gasteiger partial charge on any atom is 0.264 e. The standard InChI is InChI=1S/C24H24N2O5S2/c27-24(25-32(28,29)21-12-6-2-7-13-21)20-16-17-23(19-10-4-1-5-11-19)26(18-20)33(30,31)22-14-8-3-9-15-22/h1-15,20,23H,16-18H2,(H,25,27). The third kappa shape index (κ3) is 5.00. The van der Waals surface area contributed by atoms with Crippen LogP contribution in [0.4, 0.5) is 0 Å². The van der Waals surface area contributed by atoms with Crippen molar-refractivity contribution in [3.63, 3.8) is 0 Å². The highest BCUT2D eigenvalue weighted by atomic mass is 32.2. The van der Waals surface area contributed by atoms with E-state index < -0.39 is 37.9 Å². The molecule has 1 aliphatic heterocycles. The quantitative estimate of drug-likeness (QED) is 0.578. The smallest absolute Gasteiger partial charge is 0.264 e. The van der Waals surface area contributed by atoms with E-state index in [2.05, 4.69) is 4.72 Å². The zero-order valence-electron chi connectivity index (χ0n) is 17.7. The van der Waals surface area contributed by atoms with Crippen LogP contribution in [0, 0.1) is 5.92 Å². The summed E-state index contributed by atoms with van der Waals surface area (Å²) < 4.78 is 55.7. The summed E-state index contributed by atoms with van der Waals surface area (Å²) in [6.07, 6.45) is 0.746. The summed E-state index contributed by atoms with van der Waals surface area (Å²) in [6, 6.07) is 24.5. The topological polar surface area (TPSA) is 101 Å². The van der Waals surface area contributed by atoms with Gasteiger partial charge in [-0.15, -0.1) is 0 Å². The van der Waals surface area contributed by atoms with Crippen molar-refractivity contribution in [1.29, 1.82) is 0 Å². The lowest BCUT2D eigenvalue weighted by molar-refractivity contribution is -0.124. The van der Waals surface area contributed by atoms with Crippen molar-refractivity contribution in [2.24, 2.45) is 5.92 Å². The Morgan fingerprint density at radius 1 is 0.727 bits per heavy atom. The highest BCUT2D eigenvalue weighted by Gasteiger charge is 2.40. The van der Waals surface area contributed by atoms with Crippen LogP contribution in [0.5, 0.6) is 0 Å². The van der Waals surface area contributed by atoms with Crippen molar-refractivity contribution in [2.75, 3.05) is 6.54 Å².